The molecular formula is C43H66F3IN4O8. The van der Waals surface area contributed by atoms with E-state index >= 15 is 0 Å². The van der Waals surface area contributed by atoms with Gasteiger partial charge in [0.1, 0.15) is 30.5 Å². The second-order valence-corrected chi connectivity index (χ2v) is 16.0. The Balaban J connectivity index is 1.71. The Kier molecular flexibility index (Phi) is 21.7. The molecule has 2 aliphatic carbocycles. The predicted molar refractivity (Wildman–Crippen MR) is 231 cm³/mol. The van der Waals surface area contributed by atoms with Crippen molar-refractivity contribution in [3.05, 3.63) is 82.7 Å². The number of aliphatic imine (C=N–C) groups is 1. The summed E-state index contributed by atoms with van der Waals surface area (Å²) in [6, 6.07) is 3.82. The van der Waals surface area contributed by atoms with Gasteiger partial charge in [-0.05, 0) is 89.4 Å². The van der Waals surface area contributed by atoms with Gasteiger partial charge in [0.2, 0.25) is 0 Å². The highest BCUT2D eigenvalue weighted by Gasteiger charge is 2.37. The Morgan fingerprint density at radius 2 is 1.81 bits per heavy atom. The zero-order chi connectivity index (χ0) is 43.9. The van der Waals surface area contributed by atoms with Gasteiger partial charge < -0.3 is 39.7 Å². The molecule has 0 amide bonds. The Bertz CT molecular complexity index is 1570. The average molecular weight is 951 g/mol. The molecule has 1 aromatic rings. The summed E-state index contributed by atoms with van der Waals surface area (Å²) in [7, 11) is 1.83. The van der Waals surface area contributed by atoms with Crippen LogP contribution in [0, 0.1) is 11.8 Å². The Morgan fingerprint density at radius 1 is 1.12 bits per heavy atom. The van der Waals surface area contributed by atoms with Crippen LogP contribution in [0.5, 0.6) is 0 Å². The number of rotatable bonds is 25. The first-order valence-electron chi connectivity index (χ1n) is 20.5. The average Bonchev–Trinajstić information content (AvgIpc) is 3.21. The molecule has 1 aromatic carbocycles. The van der Waals surface area contributed by atoms with Gasteiger partial charge in [-0.25, -0.2) is 0 Å². The lowest BCUT2D eigenvalue weighted by molar-refractivity contribution is -0.137. The number of aliphatic hydroxyl groups is 5. The van der Waals surface area contributed by atoms with Gasteiger partial charge >= 0.3 is 6.18 Å². The van der Waals surface area contributed by atoms with Gasteiger partial charge in [0.15, 0.2) is 12.6 Å². The molecule has 3 unspecified atom stereocenters. The Morgan fingerprint density at radius 3 is 2.41 bits per heavy atom. The smallest absolute Gasteiger partial charge is 0.416 e. The lowest BCUT2D eigenvalue weighted by Crippen LogP contribution is -2.53. The van der Waals surface area contributed by atoms with Crippen molar-refractivity contribution in [1.29, 1.82) is 0 Å². The number of nitrogens with zero attached hydrogens (tertiary/aromatic N) is 2. The molecule has 0 aliphatic heterocycles. The summed E-state index contributed by atoms with van der Waals surface area (Å²) in [6.45, 7) is 14.2. The molecule has 0 heterocycles. The van der Waals surface area contributed by atoms with E-state index in [1.54, 1.807) is 26.8 Å². The molecule has 0 bridgehead atoms. The van der Waals surface area contributed by atoms with Crippen LogP contribution < -0.4 is 10.6 Å². The van der Waals surface area contributed by atoms with Crippen molar-refractivity contribution < 1.29 is 52.9 Å². The first-order chi connectivity index (χ1) is 27.9. The van der Waals surface area contributed by atoms with E-state index < -0.39 is 67.0 Å². The van der Waals surface area contributed by atoms with E-state index in [1.807, 2.05) is 31.9 Å². The van der Waals surface area contributed by atoms with E-state index in [9.17, 15) is 38.7 Å². The Hall–Kier alpha value is -2.23. The number of hydrogen-bond donors (Lipinski definition) is 7. The van der Waals surface area contributed by atoms with Gasteiger partial charge in [-0.3, -0.25) is 20.5 Å². The van der Waals surface area contributed by atoms with E-state index in [-0.39, 0.29) is 12.6 Å². The van der Waals surface area contributed by atoms with Crippen molar-refractivity contribution in [3.8, 4) is 0 Å². The molecular weight excluding hydrogens is 884 g/mol. The lowest BCUT2D eigenvalue weighted by Gasteiger charge is -2.40. The summed E-state index contributed by atoms with van der Waals surface area (Å²) < 4.78 is 58.2. The van der Waals surface area contributed by atoms with Crippen LogP contribution in [-0.4, -0.2) is 117 Å². The molecule has 16 heteroatoms. The molecule has 3 rings (SSSR count). The van der Waals surface area contributed by atoms with Crippen LogP contribution in [0.25, 0.3) is 0 Å². The Labute approximate surface area is 361 Å². The summed E-state index contributed by atoms with van der Waals surface area (Å²) in [5, 5.41) is 60.4. The summed E-state index contributed by atoms with van der Waals surface area (Å²) in [5.74, 6) is -0.431. The molecule has 7 N–H and O–H groups in total. The first-order valence-corrected chi connectivity index (χ1v) is 22.0. The van der Waals surface area contributed by atoms with Crippen molar-refractivity contribution in [3.63, 3.8) is 0 Å². The quantitative estimate of drug-likeness (QED) is 0.0151. The molecule has 0 radical (unpaired) electrons. The largest absolute Gasteiger partial charge is 0.466 e. The number of halogens is 4. The maximum absolute atomic E-state index is 13.3. The maximum atomic E-state index is 13.3. The fourth-order valence-corrected chi connectivity index (χ4v) is 7.85. The molecule has 0 aromatic heterocycles. The molecule has 334 valence electrons. The van der Waals surface area contributed by atoms with Crippen LogP contribution in [0.3, 0.4) is 0 Å². The standard InChI is InChI=1S/C43H66F3IN4O8/c1-8-26(4)49-38(30-15-17-33(18-16-30)43(44,45)46)27(5)40(54)50-35-19-14-29(22-34(35)41(55)51(7)9-2)12-11-13-37(53)59-39-32(25-47)23-31(24-36(39)57-10-3)42(56)58-21-20-48-28(6)52/h8,15-18,22-23,27-28,34-38,40-42,48,50,52-56H,1,9-14,19-21,24-25H2,2-7H3/t27-,28-,34+,35?,36-,37?,38?,40+,41-,42+/m0/s1. The maximum Gasteiger partial charge on any atom is 0.416 e. The molecule has 0 fully saturated rings. The van der Waals surface area contributed by atoms with Crippen molar-refractivity contribution in [2.24, 2.45) is 16.8 Å². The van der Waals surface area contributed by atoms with Crippen LogP contribution in [-0.2, 0) is 20.4 Å². The van der Waals surface area contributed by atoms with Crippen LogP contribution >= 0.6 is 22.6 Å². The second kappa shape index (κ2) is 25.0. The van der Waals surface area contributed by atoms with Gasteiger partial charge in [0, 0.05) is 59.6 Å². The third-order valence-corrected chi connectivity index (χ3v) is 11.6. The van der Waals surface area contributed by atoms with E-state index in [0.29, 0.717) is 85.3 Å². The number of aliphatic hydroxyl groups excluding tert-OH is 5. The van der Waals surface area contributed by atoms with Gasteiger partial charge in [-0.2, -0.15) is 13.2 Å². The summed E-state index contributed by atoms with van der Waals surface area (Å²) >= 11 is 2.21. The predicted octanol–water partition coefficient (Wildman–Crippen LogP) is 6.11. The highest BCUT2D eigenvalue weighted by molar-refractivity contribution is 14.1. The number of allylic oxidation sites excluding steroid dienone is 4. The summed E-state index contributed by atoms with van der Waals surface area (Å²) in [5.41, 5.74) is 2.86. The zero-order valence-corrected chi connectivity index (χ0v) is 37.3. The zero-order valence-electron chi connectivity index (χ0n) is 35.2. The van der Waals surface area contributed by atoms with E-state index in [2.05, 4.69) is 45.9 Å². The number of ether oxygens (including phenoxy) is 3. The molecule has 0 saturated carbocycles. The van der Waals surface area contributed by atoms with Crippen LogP contribution in [0.4, 0.5) is 13.2 Å². The molecule has 0 saturated heterocycles. The minimum absolute atomic E-state index is 0.193. The van der Waals surface area contributed by atoms with Crippen LogP contribution in [0.15, 0.2) is 76.5 Å². The van der Waals surface area contributed by atoms with E-state index in [0.717, 1.165) is 23.3 Å². The molecule has 10 atom stereocenters. The molecule has 59 heavy (non-hydrogen) atoms. The monoisotopic (exact) mass is 950 g/mol. The van der Waals surface area contributed by atoms with Crippen molar-refractivity contribution in [2.75, 3.05) is 37.8 Å². The summed E-state index contributed by atoms with van der Waals surface area (Å²) in [4.78, 5) is 6.52. The van der Waals surface area contributed by atoms with Crippen molar-refractivity contribution in [2.45, 2.75) is 129 Å². The van der Waals surface area contributed by atoms with Crippen LogP contribution in [0.2, 0.25) is 0 Å². The minimum atomic E-state index is -4.48. The minimum Gasteiger partial charge on any atom is -0.466 e. The van der Waals surface area contributed by atoms with Gasteiger partial charge in [-0.1, -0.05) is 72.9 Å². The topological polar surface area (TPSA) is 168 Å². The fourth-order valence-electron chi connectivity index (χ4n) is 7.25. The first kappa shape index (κ1) is 51.1. The number of hydrogen-bond acceptors (Lipinski definition) is 12. The SMILES string of the molecule is C=CC(C)=NC(c1ccc(C(F)(F)F)cc1)[C@H](C)[C@@H](O)NC1CCC(CCCC(O)OC2=C(CI)C=C([C@H](O)OCCN[C@H](C)O)C[C@@H]2OCC)=C[C@H]1[C@H](O)N(C)CC. The third-order valence-electron chi connectivity index (χ3n) is 10.8. The number of nitrogens with one attached hydrogen (secondary N) is 2. The van der Waals surface area contributed by atoms with Gasteiger partial charge in [0.05, 0.1) is 18.2 Å². The van der Waals surface area contributed by atoms with Crippen LogP contribution in [0.1, 0.15) is 90.3 Å². The molecule has 12 nitrogen and oxygen atoms in total. The van der Waals surface area contributed by atoms with E-state index in [4.69, 9.17) is 19.2 Å². The van der Waals surface area contributed by atoms with Crippen molar-refractivity contribution >= 4 is 28.3 Å². The lowest BCUT2D eigenvalue weighted by atomic mass is 9.82. The van der Waals surface area contributed by atoms with Gasteiger partial charge in [0.25, 0.3) is 0 Å². The highest BCUT2D eigenvalue weighted by Crippen LogP contribution is 2.36. The number of alkyl halides is 4. The van der Waals surface area contributed by atoms with Gasteiger partial charge in [-0.15, -0.1) is 0 Å². The molecule has 0 spiro atoms. The number of benzene rings is 1. The molecule has 2 aliphatic rings. The van der Waals surface area contributed by atoms with Crippen molar-refractivity contribution in [1.82, 2.24) is 15.5 Å². The normalized spacial score (nSPS) is 22.9. The second-order valence-electron chi connectivity index (χ2n) is 15.3. The van der Waals surface area contributed by atoms with E-state index in [1.165, 1.54) is 12.1 Å². The fraction of sp³-hybridized carbons (Fsp3) is 0.651. The third kappa shape index (κ3) is 15.9. The summed E-state index contributed by atoms with van der Waals surface area (Å²) in [6.07, 6.45) is -1.27. The highest BCUT2D eigenvalue weighted by atomic mass is 127.